The van der Waals surface area contributed by atoms with Crippen molar-refractivity contribution in [1.29, 1.82) is 0 Å². The molecule has 2 amide bonds. The molecule has 0 saturated heterocycles. The SMILES string of the molecule is CC1Oc2ccc(C(=O)NCc3ccc(Cl)cc3)cc2N(C)C1=O. The molecule has 0 aromatic heterocycles. The van der Waals surface area contributed by atoms with E-state index in [-0.39, 0.29) is 11.8 Å². The number of rotatable bonds is 3. The van der Waals surface area contributed by atoms with Crippen molar-refractivity contribution in [1.82, 2.24) is 5.32 Å². The van der Waals surface area contributed by atoms with Crippen LogP contribution in [0.3, 0.4) is 0 Å². The number of anilines is 1. The fraction of sp³-hybridized carbons (Fsp3) is 0.222. The maximum absolute atomic E-state index is 12.3. The molecular formula is C18H17ClN2O3. The number of carbonyl (C=O) groups excluding carboxylic acids is 2. The lowest BCUT2D eigenvalue weighted by atomic mass is 10.1. The van der Waals surface area contributed by atoms with Gasteiger partial charge in [-0.25, -0.2) is 0 Å². The third-order valence-electron chi connectivity index (χ3n) is 3.93. The van der Waals surface area contributed by atoms with Crippen LogP contribution >= 0.6 is 11.6 Å². The van der Waals surface area contributed by atoms with Gasteiger partial charge in [0, 0.05) is 24.2 Å². The second-order valence-corrected chi connectivity index (χ2v) is 6.09. The number of hydrogen-bond donors (Lipinski definition) is 1. The van der Waals surface area contributed by atoms with Gasteiger partial charge in [0.05, 0.1) is 5.69 Å². The monoisotopic (exact) mass is 344 g/mol. The maximum Gasteiger partial charge on any atom is 0.267 e. The Morgan fingerprint density at radius 3 is 2.67 bits per heavy atom. The van der Waals surface area contributed by atoms with Gasteiger partial charge in [0.25, 0.3) is 11.8 Å². The molecule has 0 radical (unpaired) electrons. The Labute approximate surface area is 145 Å². The normalized spacial score (nSPS) is 16.4. The predicted molar refractivity (Wildman–Crippen MR) is 92.6 cm³/mol. The van der Waals surface area contributed by atoms with Crippen molar-refractivity contribution >= 4 is 29.1 Å². The van der Waals surface area contributed by atoms with Crippen molar-refractivity contribution in [2.45, 2.75) is 19.6 Å². The zero-order valence-electron chi connectivity index (χ0n) is 13.4. The predicted octanol–water partition coefficient (Wildman–Crippen LogP) is 3.01. The summed E-state index contributed by atoms with van der Waals surface area (Å²) in [6.07, 6.45) is -0.521. The Balaban J connectivity index is 1.74. The lowest BCUT2D eigenvalue weighted by molar-refractivity contribution is -0.125. The molecule has 0 spiro atoms. The molecule has 0 fully saturated rings. The quantitative estimate of drug-likeness (QED) is 0.931. The van der Waals surface area contributed by atoms with Gasteiger partial charge in [0.1, 0.15) is 5.75 Å². The fourth-order valence-electron chi connectivity index (χ4n) is 2.54. The summed E-state index contributed by atoms with van der Waals surface area (Å²) in [6, 6.07) is 12.3. The number of benzene rings is 2. The highest BCUT2D eigenvalue weighted by Crippen LogP contribution is 2.33. The Morgan fingerprint density at radius 2 is 1.96 bits per heavy atom. The number of nitrogens with zero attached hydrogens (tertiary/aromatic N) is 1. The molecule has 1 heterocycles. The van der Waals surface area contributed by atoms with Crippen LogP contribution in [-0.4, -0.2) is 25.0 Å². The number of halogens is 1. The van der Waals surface area contributed by atoms with E-state index in [1.807, 2.05) is 12.1 Å². The molecule has 1 aliphatic heterocycles. The minimum Gasteiger partial charge on any atom is -0.479 e. The molecule has 24 heavy (non-hydrogen) atoms. The first-order chi connectivity index (χ1) is 11.5. The summed E-state index contributed by atoms with van der Waals surface area (Å²) < 4.78 is 5.55. The highest BCUT2D eigenvalue weighted by atomic mass is 35.5. The van der Waals surface area contributed by atoms with Crippen LogP contribution in [0.2, 0.25) is 5.02 Å². The third-order valence-corrected chi connectivity index (χ3v) is 4.18. The van der Waals surface area contributed by atoms with Crippen LogP contribution in [0.25, 0.3) is 0 Å². The van der Waals surface area contributed by atoms with Gasteiger partial charge in [0.15, 0.2) is 6.10 Å². The number of nitrogens with one attached hydrogen (secondary N) is 1. The molecule has 1 unspecified atom stereocenters. The minimum absolute atomic E-state index is 0.138. The Morgan fingerprint density at radius 1 is 1.25 bits per heavy atom. The van der Waals surface area contributed by atoms with E-state index in [0.717, 1.165) is 5.56 Å². The summed E-state index contributed by atoms with van der Waals surface area (Å²) in [7, 11) is 1.68. The average molecular weight is 345 g/mol. The zero-order chi connectivity index (χ0) is 17.3. The van der Waals surface area contributed by atoms with Crippen molar-refractivity contribution in [3.63, 3.8) is 0 Å². The summed E-state index contributed by atoms with van der Waals surface area (Å²) in [5.41, 5.74) is 2.02. The number of ether oxygens (including phenoxy) is 1. The summed E-state index contributed by atoms with van der Waals surface area (Å²) in [5.74, 6) is 0.243. The van der Waals surface area contributed by atoms with E-state index in [9.17, 15) is 9.59 Å². The summed E-state index contributed by atoms with van der Waals surface area (Å²) in [6.45, 7) is 2.10. The second kappa shape index (κ2) is 6.53. The zero-order valence-corrected chi connectivity index (χ0v) is 14.1. The lowest BCUT2D eigenvalue weighted by Crippen LogP contribution is -2.42. The van der Waals surface area contributed by atoms with Crippen molar-refractivity contribution in [3.8, 4) is 5.75 Å². The van der Waals surface area contributed by atoms with E-state index < -0.39 is 6.10 Å². The van der Waals surface area contributed by atoms with E-state index in [1.165, 1.54) is 4.90 Å². The van der Waals surface area contributed by atoms with Gasteiger partial charge in [-0.1, -0.05) is 23.7 Å². The van der Waals surface area contributed by atoms with E-state index in [1.54, 1.807) is 44.3 Å². The largest absolute Gasteiger partial charge is 0.479 e. The molecule has 1 atom stereocenters. The molecule has 2 aromatic rings. The molecule has 6 heteroatoms. The molecule has 3 rings (SSSR count). The molecule has 124 valence electrons. The van der Waals surface area contributed by atoms with Crippen LogP contribution in [0, 0.1) is 0 Å². The standard InChI is InChI=1S/C18H17ClN2O3/c1-11-18(23)21(2)15-9-13(5-8-16(15)24-11)17(22)20-10-12-3-6-14(19)7-4-12/h3-9,11H,10H2,1-2H3,(H,20,22). The first-order valence-electron chi connectivity index (χ1n) is 7.56. The van der Waals surface area contributed by atoms with E-state index in [4.69, 9.17) is 16.3 Å². The van der Waals surface area contributed by atoms with E-state index >= 15 is 0 Å². The molecule has 0 bridgehead atoms. The summed E-state index contributed by atoms with van der Waals surface area (Å²) in [5, 5.41) is 3.50. The minimum atomic E-state index is -0.521. The second-order valence-electron chi connectivity index (χ2n) is 5.65. The summed E-state index contributed by atoms with van der Waals surface area (Å²) in [4.78, 5) is 25.9. The molecule has 1 N–H and O–H groups in total. The Kier molecular flexibility index (Phi) is 4.44. The van der Waals surface area contributed by atoms with Crippen molar-refractivity contribution in [2.24, 2.45) is 0 Å². The van der Waals surface area contributed by atoms with Gasteiger partial charge < -0.3 is 15.0 Å². The first kappa shape index (κ1) is 16.3. The molecule has 2 aromatic carbocycles. The van der Waals surface area contributed by atoms with Gasteiger partial charge in [-0.2, -0.15) is 0 Å². The van der Waals surface area contributed by atoms with Crippen LogP contribution in [-0.2, 0) is 11.3 Å². The molecule has 1 aliphatic rings. The van der Waals surface area contributed by atoms with E-state index in [2.05, 4.69) is 5.32 Å². The van der Waals surface area contributed by atoms with Crippen LogP contribution < -0.4 is 15.0 Å². The van der Waals surface area contributed by atoms with Crippen LogP contribution in [0.4, 0.5) is 5.69 Å². The van der Waals surface area contributed by atoms with Gasteiger partial charge in [0.2, 0.25) is 0 Å². The van der Waals surface area contributed by atoms with Gasteiger partial charge in [-0.15, -0.1) is 0 Å². The number of likely N-dealkylation sites (N-methyl/N-ethyl adjacent to an activating group) is 1. The number of carbonyl (C=O) groups is 2. The molecule has 5 nitrogen and oxygen atoms in total. The van der Waals surface area contributed by atoms with Gasteiger partial charge in [-0.05, 0) is 42.8 Å². The lowest BCUT2D eigenvalue weighted by Gasteiger charge is -2.30. The van der Waals surface area contributed by atoms with Gasteiger partial charge in [-0.3, -0.25) is 9.59 Å². The van der Waals surface area contributed by atoms with Crippen LogP contribution in [0.1, 0.15) is 22.8 Å². The first-order valence-corrected chi connectivity index (χ1v) is 7.94. The number of amides is 2. The van der Waals surface area contributed by atoms with Crippen LogP contribution in [0.5, 0.6) is 5.75 Å². The topological polar surface area (TPSA) is 58.6 Å². The number of fused-ring (bicyclic) bond motifs is 1. The van der Waals surface area contributed by atoms with Crippen molar-refractivity contribution in [3.05, 3.63) is 58.6 Å². The van der Waals surface area contributed by atoms with Gasteiger partial charge >= 0.3 is 0 Å². The smallest absolute Gasteiger partial charge is 0.267 e. The molecular weight excluding hydrogens is 328 g/mol. The maximum atomic E-state index is 12.3. The molecule has 0 aliphatic carbocycles. The fourth-order valence-corrected chi connectivity index (χ4v) is 2.67. The summed E-state index contributed by atoms with van der Waals surface area (Å²) >= 11 is 5.84. The highest BCUT2D eigenvalue weighted by molar-refractivity contribution is 6.30. The van der Waals surface area contributed by atoms with Crippen molar-refractivity contribution in [2.75, 3.05) is 11.9 Å². The third kappa shape index (κ3) is 3.21. The Bertz CT molecular complexity index is 789. The molecule has 0 saturated carbocycles. The Hall–Kier alpha value is -2.53. The average Bonchev–Trinajstić information content (AvgIpc) is 2.59. The highest BCUT2D eigenvalue weighted by Gasteiger charge is 2.29. The van der Waals surface area contributed by atoms with Crippen LogP contribution in [0.15, 0.2) is 42.5 Å². The van der Waals surface area contributed by atoms with Crippen molar-refractivity contribution < 1.29 is 14.3 Å². The van der Waals surface area contributed by atoms with E-state index in [0.29, 0.717) is 28.6 Å². The number of hydrogen-bond acceptors (Lipinski definition) is 3.